The van der Waals surface area contributed by atoms with Crippen LogP contribution in [0.1, 0.15) is 16.2 Å². The zero-order valence-electron chi connectivity index (χ0n) is 10.7. The van der Waals surface area contributed by atoms with Crippen LogP contribution in [0.15, 0.2) is 50.1 Å². The average molecular weight is 365 g/mol. The lowest BCUT2D eigenvalue weighted by Crippen LogP contribution is -2.03. The standard InChI is InChI=1S/C14H9BrN2O3S/c15-11-3-1-9(2-4-11)13-16-12(20-17-13)7-19-14(18)10-5-6-21-8-10/h1-6,8H,7H2. The van der Waals surface area contributed by atoms with E-state index in [-0.39, 0.29) is 12.5 Å². The molecule has 0 fully saturated rings. The van der Waals surface area contributed by atoms with Crippen molar-refractivity contribution in [3.05, 3.63) is 57.0 Å². The van der Waals surface area contributed by atoms with Crippen molar-refractivity contribution in [3.63, 3.8) is 0 Å². The fourth-order valence-electron chi connectivity index (χ4n) is 1.62. The Hall–Kier alpha value is -1.99. The molecule has 0 aliphatic rings. The number of nitrogens with zero attached hydrogens (tertiary/aromatic N) is 2. The molecule has 0 bridgehead atoms. The van der Waals surface area contributed by atoms with Gasteiger partial charge in [-0.15, -0.1) is 0 Å². The van der Waals surface area contributed by atoms with Crippen LogP contribution in [0.3, 0.4) is 0 Å². The minimum Gasteiger partial charge on any atom is -0.452 e. The quantitative estimate of drug-likeness (QED) is 0.656. The van der Waals surface area contributed by atoms with Gasteiger partial charge in [0.1, 0.15) is 0 Å². The second-order valence-electron chi connectivity index (χ2n) is 4.11. The highest BCUT2D eigenvalue weighted by Gasteiger charge is 2.12. The van der Waals surface area contributed by atoms with Crippen LogP contribution >= 0.6 is 27.3 Å². The Kier molecular flexibility index (Phi) is 4.12. The number of benzene rings is 1. The van der Waals surface area contributed by atoms with Crippen molar-refractivity contribution >= 4 is 33.2 Å². The Balaban J connectivity index is 1.65. The molecule has 0 saturated carbocycles. The molecular weight excluding hydrogens is 356 g/mol. The number of rotatable bonds is 4. The largest absolute Gasteiger partial charge is 0.452 e. The van der Waals surface area contributed by atoms with E-state index in [1.807, 2.05) is 29.6 Å². The second kappa shape index (κ2) is 6.19. The molecule has 0 aliphatic heterocycles. The van der Waals surface area contributed by atoms with Crippen molar-refractivity contribution in [2.45, 2.75) is 6.61 Å². The van der Waals surface area contributed by atoms with Crippen LogP contribution in [0.2, 0.25) is 0 Å². The molecule has 0 spiro atoms. The van der Waals surface area contributed by atoms with Gasteiger partial charge < -0.3 is 9.26 Å². The van der Waals surface area contributed by atoms with Gasteiger partial charge in [0.05, 0.1) is 5.56 Å². The molecule has 0 amide bonds. The number of carbonyl (C=O) groups is 1. The highest BCUT2D eigenvalue weighted by molar-refractivity contribution is 9.10. The molecule has 0 N–H and O–H groups in total. The topological polar surface area (TPSA) is 65.2 Å². The SMILES string of the molecule is O=C(OCc1nc(-c2ccc(Br)cc2)no1)c1ccsc1. The van der Waals surface area contributed by atoms with Gasteiger partial charge in [0.2, 0.25) is 5.82 Å². The monoisotopic (exact) mass is 364 g/mol. The highest BCUT2D eigenvalue weighted by atomic mass is 79.9. The maximum Gasteiger partial charge on any atom is 0.339 e. The van der Waals surface area contributed by atoms with E-state index in [1.54, 1.807) is 11.4 Å². The van der Waals surface area contributed by atoms with Gasteiger partial charge >= 0.3 is 5.97 Å². The highest BCUT2D eigenvalue weighted by Crippen LogP contribution is 2.19. The molecule has 21 heavy (non-hydrogen) atoms. The van der Waals surface area contributed by atoms with Crippen LogP contribution in [0, 0.1) is 0 Å². The van der Waals surface area contributed by atoms with Gasteiger partial charge in [-0.05, 0) is 35.7 Å². The second-order valence-corrected chi connectivity index (χ2v) is 5.80. The Morgan fingerprint density at radius 2 is 2.10 bits per heavy atom. The molecule has 0 saturated heterocycles. The van der Waals surface area contributed by atoms with Crippen molar-refractivity contribution < 1.29 is 14.1 Å². The fraction of sp³-hybridized carbons (Fsp3) is 0.0714. The molecule has 0 aliphatic carbocycles. The molecular formula is C14H9BrN2O3S. The summed E-state index contributed by atoms with van der Waals surface area (Å²) in [6.45, 7) is -0.0434. The number of esters is 1. The molecule has 0 radical (unpaired) electrons. The van der Waals surface area contributed by atoms with E-state index in [0.29, 0.717) is 11.4 Å². The molecule has 2 heterocycles. The zero-order valence-corrected chi connectivity index (χ0v) is 13.1. The average Bonchev–Trinajstić information content (AvgIpc) is 3.17. The van der Waals surface area contributed by atoms with E-state index in [4.69, 9.17) is 9.26 Å². The third kappa shape index (κ3) is 3.37. The summed E-state index contributed by atoms with van der Waals surface area (Å²) >= 11 is 4.80. The first-order valence-electron chi connectivity index (χ1n) is 6.00. The number of hydrogen-bond acceptors (Lipinski definition) is 6. The summed E-state index contributed by atoms with van der Waals surface area (Å²) < 4.78 is 11.1. The number of aromatic nitrogens is 2. The predicted molar refractivity (Wildman–Crippen MR) is 80.9 cm³/mol. The summed E-state index contributed by atoms with van der Waals surface area (Å²) in [5, 5.41) is 7.41. The maximum atomic E-state index is 11.7. The van der Waals surface area contributed by atoms with Crippen molar-refractivity contribution in [1.29, 1.82) is 0 Å². The van der Waals surface area contributed by atoms with E-state index in [2.05, 4.69) is 26.1 Å². The Labute approximate surface area is 132 Å². The third-order valence-corrected chi connectivity index (χ3v) is 3.87. The van der Waals surface area contributed by atoms with E-state index in [1.165, 1.54) is 11.3 Å². The third-order valence-electron chi connectivity index (χ3n) is 2.65. The van der Waals surface area contributed by atoms with E-state index in [0.717, 1.165) is 10.0 Å². The van der Waals surface area contributed by atoms with Gasteiger partial charge in [0.15, 0.2) is 6.61 Å². The molecule has 1 aromatic carbocycles. The Bertz CT molecular complexity index is 738. The van der Waals surface area contributed by atoms with E-state index >= 15 is 0 Å². The summed E-state index contributed by atoms with van der Waals surface area (Å²) in [6, 6.07) is 9.23. The summed E-state index contributed by atoms with van der Waals surface area (Å²) in [7, 11) is 0. The van der Waals surface area contributed by atoms with E-state index in [9.17, 15) is 4.79 Å². The normalized spacial score (nSPS) is 10.5. The minimum absolute atomic E-state index is 0.0434. The Morgan fingerprint density at radius 1 is 1.29 bits per heavy atom. The van der Waals surface area contributed by atoms with Gasteiger partial charge in [-0.25, -0.2) is 4.79 Å². The Morgan fingerprint density at radius 3 is 2.81 bits per heavy atom. The molecule has 106 valence electrons. The lowest BCUT2D eigenvalue weighted by Gasteiger charge is -1.98. The fourth-order valence-corrected chi connectivity index (χ4v) is 2.51. The van der Waals surface area contributed by atoms with Crippen LogP contribution < -0.4 is 0 Å². The van der Waals surface area contributed by atoms with Crippen molar-refractivity contribution in [3.8, 4) is 11.4 Å². The molecule has 7 heteroatoms. The first-order chi connectivity index (χ1) is 10.2. The number of hydrogen-bond donors (Lipinski definition) is 0. The van der Waals surface area contributed by atoms with Crippen LogP contribution in [0.25, 0.3) is 11.4 Å². The van der Waals surface area contributed by atoms with Gasteiger partial charge in [0, 0.05) is 15.4 Å². The summed E-state index contributed by atoms with van der Waals surface area (Å²) in [6.07, 6.45) is 0. The lowest BCUT2D eigenvalue weighted by atomic mass is 10.2. The van der Waals surface area contributed by atoms with Gasteiger partial charge in [-0.3, -0.25) is 0 Å². The van der Waals surface area contributed by atoms with Gasteiger partial charge in [-0.1, -0.05) is 21.1 Å². The first-order valence-corrected chi connectivity index (χ1v) is 7.74. The van der Waals surface area contributed by atoms with Crippen molar-refractivity contribution in [2.75, 3.05) is 0 Å². The molecule has 5 nitrogen and oxygen atoms in total. The minimum atomic E-state index is -0.403. The molecule has 2 aromatic heterocycles. The molecule has 0 unspecified atom stereocenters. The van der Waals surface area contributed by atoms with Crippen LogP contribution in [0.4, 0.5) is 0 Å². The lowest BCUT2D eigenvalue weighted by molar-refractivity contribution is 0.0430. The number of halogens is 1. The van der Waals surface area contributed by atoms with Gasteiger partial charge in [0.25, 0.3) is 5.89 Å². The summed E-state index contributed by atoms with van der Waals surface area (Å²) in [5.41, 5.74) is 1.35. The first kappa shape index (κ1) is 14.0. The van der Waals surface area contributed by atoms with Crippen LogP contribution in [-0.4, -0.2) is 16.1 Å². The zero-order chi connectivity index (χ0) is 14.7. The molecule has 3 rings (SSSR count). The van der Waals surface area contributed by atoms with Crippen molar-refractivity contribution in [1.82, 2.24) is 10.1 Å². The predicted octanol–water partition coefficient (Wildman–Crippen LogP) is 3.92. The van der Waals surface area contributed by atoms with Crippen LogP contribution in [-0.2, 0) is 11.3 Å². The maximum absolute atomic E-state index is 11.7. The molecule has 3 aromatic rings. The van der Waals surface area contributed by atoms with Gasteiger partial charge in [-0.2, -0.15) is 16.3 Å². The van der Waals surface area contributed by atoms with E-state index < -0.39 is 5.97 Å². The number of thiophene rings is 1. The van der Waals surface area contributed by atoms with Crippen molar-refractivity contribution in [2.24, 2.45) is 0 Å². The summed E-state index contributed by atoms with van der Waals surface area (Å²) in [4.78, 5) is 15.9. The summed E-state index contributed by atoms with van der Waals surface area (Å²) in [5.74, 6) is 0.320. The molecule has 0 atom stereocenters. The smallest absolute Gasteiger partial charge is 0.339 e. The number of carbonyl (C=O) groups excluding carboxylic acids is 1. The van der Waals surface area contributed by atoms with Crippen LogP contribution in [0.5, 0.6) is 0 Å². The number of ether oxygens (including phenoxy) is 1.